The van der Waals surface area contributed by atoms with E-state index in [0.717, 1.165) is 33.2 Å². The fraction of sp³-hybridized carbons (Fsp3) is 0.231. The van der Waals surface area contributed by atoms with Gasteiger partial charge in [0, 0.05) is 19.4 Å². The predicted octanol–water partition coefficient (Wildman–Crippen LogP) is 5.46. The molecule has 182 valence electrons. The van der Waals surface area contributed by atoms with E-state index >= 15 is 0 Å². The highest BCUT2D eigenvalue weighted by molar-refractivity contribution is 5.81. The Morgan fingerprint density at radius 1 is 0.943 bits per heavy atom. The van der Waals surface area contributed by atoms with Crippen LogP contribution in [-0.2, 0) is 16.0 Å². The van der Waals surface area contributed by atoms with Crippen LogP contribution < -0.4 is 4.74 Å². The molecule has 1 N–H and O–H groups in total. The number of aliphatic carboxylic acids is 1. The third kappa shape index (κ3) is 5.24. The minimum Gasteiger partial charge on any atom is -0.480 e. The summed E-state index contributed by atoms with van der Waals surface area (Å²) in [6.45, 7) is -0.0166. The van der Waals surface area contributed by atoms with Gasteiger partial charge in [0.15, 0.2) is 0 Å². The van der Waals surface area contributed by atoms with Gasteiger partial charge in [-0.1, -0.05) is 66.7 Å². The number of fused-ring (bicyclic) bond motifs is 3. The number of nitrogens with zero attached hydrogens (tertiary/aromatic N) is 1. The van der Waals surface area contributed by atoms with Gasteiger partial charge < -0.3 is 14.6 Å². The highest BCUT2D eigenvalue weighted by Gasteiger charge is 2.35. The van der Waals surface area contributed by atoms with Crippen molar-refractivity contribution in [2.24, 2.45) is 0 Å². The van der Waals surface area contributed by atoms with E-state index in [1.54, 1.807) is 0 Å². The van der Waals surface area contributed by atoms with E-state index in [9.17, 15) is 27.9 Å². The minimum absolute atomic E-state index is 0.00415. The van der Waals surface area contributed by atoms with Gasteiger partial charge in [-0.3, -0.25) is 4.90 Å². The van der Waals surface area contributed by atoms with Gasteiger partial charge in [-0.15, -0.1) is 13.2 Å². The lowest BCUT2D eigenvalue weighted by atomic mass is 9.98. The van der Waals surface area contributed by atoms with Crippen molar-refractivity contribution in [3.8, 4) is 16.9 Å². The molecule has 9 heteroatoms. The molecule has 4 rings (SSSR count). The van der Waals surface area contributed by atoms with Gasteiger partial charge in [0.25, 0.3) is 0 Å². The van der Waals surface area contributed by atoms with Crippen molar-refractivity contribution < 1.29 is 37.3 Å². The Morgan fingerprint density at radius 2 is 1.49 bits per heavy atom. The Bertz CT molecular complexity index is 1200. The zero-order valence-electron chi connectivity index (χ0n) is 18.7. The highest BCUT2D eigenvalue weighted by atomic mass is 19.4. The molecule has 1 amide bonds. The molecule has 1 atom stereocenters. The molecule has 0 heterocycles. The first-order valence-electron chi connectivity index (χ1n) is 10.8. The lowest BCUT2D eigenvalue weighted by Crippen LogP contribution is -2.44. The molecule has 0 radical (unpaired) electrons. The van der Waals surface area contributed by atoms with Crippen LogP contribution in [0.5, 0.6) is 5.75 Å². The number of para-hydroxylation sites is 1. The number of carbonyl (C=O) groups excluding carboxylic acids is 1. The average Bonchev–Trinajstić information content (AvgIpc) is 3.14. The standard InChI is InChI=1S/C26H22F3NO5/c1-30(22(24(31)32)14-16-8-2-7-13-23(16)35-26(27,28)29)25(33)34-15-21-19-11-5-3-9-17(19)18-10-4-6-12-20(18)21/h2-13,21-22H,14-15H2,1H3,(H,31,32). The number of benzene rings is 3. The van der Waals surface area contributed by atoms with Gasteiger partial charge in [0.2, 0.25) is 0 Å². The molecule has 6 nitrogen and oxygen atoms in total. The first kappa shape index (κ1) is 24.1. The molecule has 1 aliphatic carbocycles. The maximum atomic E-state index is 12.8. The van der Waals surface area contributed by atoms with Crippen LogP contribution in [-0.4, -0.2) is 48.1 Å². The minimum atomic E-state index is -4.94. The van der Waals surface area contributed by atoms with Crippen molar-refractivity contribution in [1.82, 2.24) is 4.90 Å². The van der Waals surface area contributed by atoms with Crippen LogP contribution in [0, 0.1) is 0 Å². The number of likely N-dealkylation sites (N-methyl/N-ethyl adjacent to an activating group) is 1. The zero-order chi connectivity index (χ0) is 25.2. The average molecular weight is 485 g/mol. The van der Waals surface area contributed by atoms with Gasteiger partial charge in [0.05, 0.1) is 0 Å². The fourth-order valence-corrected chi connectivity index (χ4v) is 4.32. The van der Waals surface area contributed by atoms with E-state index in [1.807, 2.05) is 48.5 Å². The third-order valence-electron chi connectivity index (χ3n) is 5.99. The molecule has 0 saturated heterocycles. The van der Waals surface area contributed by atoms with Crippen LogP contribution in [0.4, 0.5) is 18.0 Å². The SMILES string of the molecule is CN(C(=O)OCC1c2ccccc2-c2ccccc21)C(Cc1ccccc1OC(F)(F)F)C(=O)O. The number of hydrogen-bond acceptors (Lipinski definition) is 4. The second-order valence-electron chi connectivity index (χ2n) is 8.13. The van der Waals surface area contributed by atoms with Crippen LogP contribution in [0.15, 0.2) is 72.8 Å². The molecule has 1 aliphatic rings. The van der Waals surface area contributed by atoms with E-state index in [1.165, 1.54) is 25.2 Å². The highest BCUT2D eigenvalue weighted by Crippen LogP contribution is 2.44. The molecule has 0 spiro atoms. The fourth-order valence-electron chi connectivity index (χ4n) is 4.32. The topological polar surface area (TPSA) is 76.1 Å². The molecular weight excluding hydrogens is 463 g/mol. The van der Waals surface area contributed by atoms with E-state index in [0.29, 0.717) is 0 Å². The molecule has 3 aromatic carbocycles. The summed E-state index contributed by atoms with van der Waals surface area (Å²) in [5.41, 5.74) is 4.08. The second-order valence-corrected chi connectivity index (χ2v) is 8.13. The van der Waals surface area contributed by atoms with Gasteiger partial charge in [-0.05, 0) is 33.9 Å². The molecule has 1 unspecified atom stereocenters. The van der Waals surface area contributed by atoms with E-state index < -0.39 is 36.6 Å². The summed E-state index contributed by atoms with van der Waals surface area (Å²) in [5.74, 6) is -2.13. The van der Waals surface area contributed by atoms with Crippen molar-refractivity contribution in [2.75, 3.05) is 13.7 Å². The molecule has 3 aromatic rings. The predicted molar refractivity (Wildman–Crippen MR) is 121 cm³/mol. The van der Waals surface area contributed by atoms with Crippen molar-refractivity contribution in [3.63, 3.8) is 0 Å². The molecule has 0 fully saturated rings. The smallest absolute Gasteiger partial charge is 0.480 e. The molecule has 0 bridgehead atoms. The number of carboxylic acids is 1. The Labute approximate surface area is 199 Å². The number of carboxylic acid groups (broad SMARTS) is 1. The second kappa shape index (κ2) is 9.69. The third-order valence-corrected chi connectivity index (χ3v) is 5.99. The van der Waals surface area contributed by atoms with Gasteiger partial charge in [0.1, 0.15) is 18.4 Å². The lowest BCUT2D eigenvalue weighted by molar-refractivity contribution is -0.274. The van der Waals surface area contributed by atoms with Crippen molar-refractivity contribution in [1.29, 1.82) is 0 Å². The van der Waals surface area contributed by atoms with Crippen molar-refractivity contribution in [2.45, 2.75) is 24.7 Å². The maximum absolute atomic E-state index is 12.8. The van der Waals surface area contributed by atoms with Gasteiger partial charge in [-0.2, -0.15) is 0 Å². The Morgan fingerprint density at radius 3 is 2.06 bits per heavy atom. The summed E-state index contributed by atoms with van der Waals surface area (Å²) in [7, 11) is 1.24. The van der Waals surface area contributed by atoms with Crippen LogP contribution in [0.25, 0.3) is 11.1 Å². The monoisotopic (exact) mass is 485 g/mol. The normalized spacial score (nSPS) is 13.5. The number of amides is 1. The zero-order valence-corrected chi connectivity index (χ0v) is 18.7. The summed E-state index contributed by atoms with van der Waals surface area (Å²) in [6.07, 6.45) is -6.23. The van der Waals surface area contributed by atoms with Crippen LogP contribution in [0.2, 0.25) is 0 Å². The quantitative estimate of drug-likeness (QED) is 0.481. The Kier molecular flexibility index (Phi) is 6.68. The number of carbonyl (C=O) groups is 2. The summed E-state index contributed by atoms with van der Waals surface area (Å²) < 4.78 is 47.7. The number of halogens is 3. The summed E-state index contributed by atoms with van der Waals surface area (Å²) in [5, 5.41) is 9.70. The van der Waals surface area contributed by atoms with E-state index in [2.05, 4.69) is 4.74 Å². The van der Waals surface area contributed by atoms with E-state index in [-0.39, 0.29) is 18.1 Å². The van der Waals surface area contributed by atoms with E-state index in [4.69, 9.17) is 4.74 Å². The van der Waals surface area contributed by atoms with Gasteiger partial charge >= 0.3 is 18.4 Å². The summed E-state index contributed by atoms with van der Waals surface area (Å²) in [4.78, 5) is 25.6. The molecule has 35 heavy (non-hydrogen) atoms. The number of alkyl halides is 3. The summed E-state index contributed by atoms with van der Waals surface area (Å²) >= 11 is 0. The van der Waals surface area contributed by atoms with Crippen molar-refractivity contribution in [3.05, 3.63) is 89.5 Å². The molecule has 0 aliphatic heterocycles. The van der Waals surface area contributed by atoms with Crippen LogP contribution >= 0.6 is 0 Å². The largest absolute Gasteiger partial charge is 0.573 e. The van der Waals surface area contributed by atoms with Crippen LogP contribution in [0.1, 0.15) is 22.6 Å². The van der Waals surface area contributed by atoms with Crippen molar-refractivity contribution >= 4 is 12.1 Å². The number of ether oxygens (including phenoxy) is 2. The number of hydrogen-bond donors (Lipinski definition) is 1. The lowest BCUT2D eigenvalue weighted by Gasteiger charge is -2.26. The van der Waals surface area contributed by atoms with Crippen LogP contribution in [0.3, 0.4) is 0 Å². The molecule has 0 saturated carbocycles. The number of rotatable bonds is 7. The molecular formula is C26H22F3NO5. The van der Waals surface area contributed by atoms with Gasteiger partial charge in [-0.25, -0.2) is 9.59 Å². The molecule has 0 aromatic heterocycles. The Hall–Kier alpha value is -4.01. The first-order valence-corrected chi connectivity index (χ1v) is 10.8. The first-order chi connectivity index (χ1) is 16.7. The Balaban J connectivity index is 1.49. The summed E-state index contributed by atoms with van der Waals surface area (Å²) in [6, 6.07) is 19.3. The maximum Gasteiger partial charge on any atom is 0.573 e.